The Hall–Kier alpha value is -1.72. The molecule has 5 nitrogen and oxygen atoms in total. The van der Waals surface area contributed by atoms with Crippen molar-refractivity contribution in [2.75, 3.05) is 6.54 Å². The van der Waals surface area contributed by atoms with Gasteiger partial charge in [0.05, 0.1) is 12.6 Å². The average molecular weight is 272 g/mol. The zero-order valence-corrected chi connectivity index (χ0v) is 11.5. The zero-order chi connectivity index (χ0) is 13.8. The van der Waals surface area contributed by atoms with Crippen LogP contribution < -0.4 is 0 Å². The molecule has 5 heteroatoms. The summed E-state index contributed by atoms with van der Waals surface area (Å²) in [5.74, 6) is 0.969. The Labute approximate surface area is 118 Å². The number of rotatable bonds is 4. The number of piperidine rings is 1. The van der Waals surface area contributed by atoms with Gasteiger partial charge in [-0.3, -0.25) is 10.00 Å². The van der Waals surface area contributed by atoms with Crippen molar-refractivity contribution in [3.05, 3.63) is 47.5 Å². The van der Waals surface area contributed by atoms with Gasteiger partial charge >= 0.3 is 0 Å². The number of likely N-dealkylation sites (tertiary alicyclic amines) is 1. The molecule has 0 radical (unpaired) electrons. The fourth-order valence-electron chi connectivity index (χ4n) is 2.85. The van der Waals surface area contributed by atoms with Gasteiger partial charge in [0.2, 0.25) is 0 Å². The molecule has 0 saturated carbocycles. The van der Waals surface area contributed by atoms with Gasteiger partial charge in [0.15, 0.2) is 0 Å². The second-order valence-electron chi connectivity index (χ2n) is 5.33. The van der Waals surface area contributed by atoms with Crippen LogP contribution >= 0.6 is 0 Å². The number of hydrogen-bond acceptors (Lipinski definition) is 4. The fourth-order valence-corrected chi connectivity index (χ4v) is 2.85. The highest BCUT2D eigenvalue weighted by atomic mass is 16.3. The van der Waals surface area contributed by atoms with Crippen molar-refractivity contribution in [1.29, 1.82) is 0 Å². The van der Waals surface area contributed by atoms with Gasteiger partial charge in [-0.05, 0) is 30.5 Å². The Balaban J connectivity index is 1.73. The molecule has 2 heterocycles. The highest BCUT2D eigenvalue weighted by Crippen LogP contribution is 2.29. The van der Waals surface area contributed by atoms with Crippen LogP contribution in [-0.2, 0) is 13.2 Å². The predicted octanol–water partition coefficient (Wildman–Crippen LogP) is 2.02. The molecule has 0 amide bonds. The molecular formula is C15H20N4O. The van der Waals surface area contributed by atoms with E-state index in [9.17, 15) is 0 Å². The van der Waals surface area contributed by atoms with E-state index in [0.717, 1.165) is 30.9 Å². The lowest BCUT2D eigenvalue weighted by atomic mass is 10.0. The number of aromatic nitrogens is 3. The summed E-state index contributed by atoms with van der Waals surface area (Å²) in [5.41, 5.74) is 2.23. The van der Waals surface area contributed by atoms with Crippen LogP contribution in [0.2, 0.25) is 0 Å². The van der Waals surface area contributed by atoms with Gasteiger partial charge in [0.1, 0.15) is 12.2 Å². The second-order valence-corrected chi connectivity index (χ2v) is 5.33. The molecule has 0 spiro atoms. The normalized spacial score (nSPS) is 20.1. The summed E-state index contributed by atoms with van der Waals surface area (Å²) in [6.45, 7) is 2.11. The Bertz CT molecular complexity index is 523. The van der Waals surface area contributed by atoms with E-state index in [4.69, 9.17) is 5.11 Å². The first-order valence-corrected chi connectivity index (χ1v) is 7.15. The van der Waals surface area contributed by atoms with Crippen molar-refractivity contribution >= 4 is 0 Å². The van der Waals surface area contributed by atoms with Gasteiger partial charge in [-0.2, -0.15) is 5.10 Å². The summed E-state index contributed by atoms with van der Waals surface area (Å²) in [5, 5.41) is 16.1. The van der Waals surface area contributed by atoms with E-state index in [0.29, 0.717) is 6.04 Å². The van der Waals surface area contributed by atoms with Crippen molar-refractivity contribution < 1.29 is 5.11 Å². The molecule has 3 rings (SSSR count). The first-order valence-electron chi connectivity index (χ1n) is 7.15. The van der Waals surface area contributed by atoms with E-state index < -0.39 is 0 Å². The molecule has 0 aliphatic carbocycles. The minimum atomic E-state index is 0.102. The number of benzene rings is 1. The van der Waals surface area contributed by atoms with Crippen LogP contribution in [-0.4, -0.2) is 31.7 Å². The lowest BCUT2D eigenvalue weighted by Crippen LogP contribution is -2.33. The topological polar surface area (TPSA) is 65.0 Å². The van der Waals surface area contributed by atoms with E-state index in [1.807, 2.05) is 12.1 Å². The molecule has 2 N–H and O–H groups in total. The van der Waals surface area contributed by atoms with Crippen LogP contribution in [0.1, 0.15) is 42.3 Å². The van der Waals surface area contributed by atoms with Crippen LogP contribution in [0.4, 0.5) is 0 Å². The molecule has 1 atom stereocenters. The second kappa shape index (κ2) is 6.15. The van der Waals surface area contributed by atoms with Crippen molar-refractivity contribution in [2.24, 2.45) is 0 Å². The molecular weight excluding hydrogens is 252 g/mol. The fraction of sp³-hybridized carbons (Fsp3) is 0.467. The van der Waals surface area contributed by atoms with E-state index >= 15 is 0 Å². The smallest absolute Gasteiger partial charge is 0.141 e. The van der Waals surface area contributed by atoms with Crippen molar-refractivity contribution in [2.45, 2.75) is 38.5 Å². The maximum atomic E-state index is 9.09. The average Bonchev–Trinajstić information content (AvgIpc) is 3.03. The van der Waals surface area contributed by atoms with Crippen LogP contribution in [0.3, 0.4) is 0 Å². The van der Waals surface area contributed by atoms with Gasteiger partial charge in [-0.25, -0.2) is 4.98 Å². The van der Waals surface area contributed by atoms with Crippen molar-refractivity contribution in [3.63, 3.8) is 0 Å². The molecule has 1 aromatic heterocycles. The minimum absolute atomic E-state index is 0.102. The van der Waals surface area contributed by atoms with Crippen LogP contribution in [0.15, 0.2) is 30.6 Å². The van der Waals surface area contributed by atoms with Crippen molar-refractivity contribution in [3.8, 4) is 0 Å². The lowest BCUT2D eigenvalue weighted by Gasteiger charge is -2.34. The molecule has 20 heavy (non-hydrogen) atoms. The molecule has 1 saturated heterocycles. The monoisotopic (exact) mass is 272 g/mol. The Morgan fingerprint density at radius 3 is 2.70 bits per heavy atom. The Morgan fingerprint density at radius 2 is 2.00 bits per heavy atom. The molecule has 0 unspecified atom stereocenters. The van der Waals surface area contributed by atoms with Gasteiger partial charge in [0, 0.05) is 6.54 Å². The molecule has 1 aliphatic rings. The zero-order valence-electron chi connectivity index (χ0n) is 11.5. The summed E-state index contributed by atoms with van der Waals surface area (Å²) >= 11 is 0. The number of aliphatic hydroxyl groups excluding tert-OH is 1. The third-order valence-electron chi connectivity index (χ3n) is 3.95. The standard InChI is InChI=1S/C15H20N4O/c20-10-13-6-4-12(5-7-13)9-19-8-2-1-3-14(19)15-16-11-17-18-15/h4-7,11,14,20H,1-3,8-10H2,(H,16,17,18)/t14-/m1/s1. The number of H-pyrrole nitrogens is 1. The third-order valence-corrected chi connectivity index (χ3v) is 3.95. The first-order chi connectivity index (χ1) is 9.86. The Kier molecular flexibility index (Phi) is 4.08. The highest BCUT2D eigenvalue weighted by molar-refractivity contribution is 5.22. The SMILES string of the molecule is OCc1ccc(CN2CCCC[C@@H]2c2ncn[nH]2)cc1. The minimum Gasteiger partial charge on any atom is -0.392 e. The third kappa shape index (κ3) is 2.89. The number of nitrogens with zero attached hydrogens (tertiary/aromatic N) is 3. The maximum absolute atomic E-state index is 9.09. The van der Waals surface area contributed by atoms with Crippen molar-refractivity contribution in [1.82, 2.24) is 20.1 Å². The van der Waals surface area contributed by atoms with E-state index in [-0.39, 0.29) is 6.61 Å². The maximum Gasteiger partial charge on any atom is 0.141 e. The van der Waals surface area contributed by atoms with Gasteiger partial charge in [-0.15, -0.1) is 0 Å². The summed E-state index contributed by atoms with van der Waals surface area (Å²) in [4.78, 5) is 6.77. The highest BCUT2D eigenvalue weighted by Gasteiger charge is 2.25. The lowest BCUT2D eigenvalue weighted by molar-refractivity contribution is 0.134. The summed E-state index contributed by atoms with van der Waals surface area (Å²) < 4.78 is 0. The molecule has 2 aromatic rings. The molecule has 106 valence electrons. The summed E-state index contributed by atoms with van der Waals surface area (Å²) in [6, 6.07) is 8.50. The van der Waals surface area contributed by atoms with Gasteiger partial charge in [-0.1, -0.05) is 30.7 Å². The molecule has 1 fully saturated rings. The number of hydrogen-bond donors (Lipinski definition) is 2. The predicted molar refractivity (Wildman–Crippen MR) is 75.7 cm³/mol. The first kappa shape index (κ1) is 13.3. The Morgan fingerprint density at radius 1 is 1.20 bits per heavy atom. The van der Waals surface area contributed by atoms with Gasteiger partial charge in [0.25, 0.3) is 0 Å². The largest absolute Gasteiger partial charge is 0.392 e. The molecule has 0 bridgehead atoms. The van der Waals surface area contributed by atoms with E-state index in [1.165, 1.54) is 18.4 Å². The van der Waals surface area contributed by atoms with Crippen LogP contribution in [0, 0.1) is 0 Å². The van der Waals surface area contributed by atoms with Crippen LogP contribution in [0.5, 0.6) is 0 Å². The number of aliphatic hydroxyl groups is 1. The van der Waals surface area contributed by atoms with Gasteiger partial charge < -0.3 is 5.11 Å². The van der Waals surface area contributed by atoms with E-state index in [2.05, 4.69) is 32.2 Å². The summed E-state index contributed by atoms with van der Waals surface area (Å²) in [6.07, 6.45) is 5.19. The molecule has 1 aromatic carbocycles. The quantitative estimate of drug-likeness (QED) is 0.893. The molecule has 1 aliphatic heterocycles. The van der Waals surface area contributed by atoms with Crippen LogP contribution in [0.25, 0.3) is 0 Å². The number of aromatic amines is 1. The van der Waals surface area contributed by atoms with E-state index in [1.54, 1.807) is 6.33 Å². The summed E-state index contributed by atoms with van der Waals surface area (Å²) in [7, 11) is 0. The number of nitrogens with one attached hydrogen (secondary N) is 1.